The lowest BCUT2D eigenvalue weighted by molar-refractivity contribution is -0.135. The second kappa shape index (κ2) is 15.7. The van der Waals surface area contributed by atoms with Crippen LogP contribution in [0, 0.1) is 5.92 Å². The highest BCUT2D eigenvalue weighted by Crippen LogP contribution is 2.25. The molecule has 0 spiro atoms. The molecule has 1 aliphatic carbocycles. The minimum absolute atomic E-state index is 0. The van der Waals surface area contributed by atoms with E-state index in [4.69, 9.17) is 4.74 Å². The second-order valence-corrected chi connectivity index (χ2v) is 9.88. The molecular formula is C29H40Cl2N4O3. The fourth-order valence-electron chi connectivity index (χ4n) is 5.01. The number of rotatable bonds is 11. The van der Waals surface area contributed by atoms with Crippen molar-refractivity contribution < 1.29 is 9.53 Å². The molecule has 0 radical (unpaired) electrons. The first kappa shape index (κ1) is 31.6. The number of fused-ring (bicyclic) bond motifs is 1. The first-order valence-electron chi connectivity index (χ1n) is 13.1. The molecule has 208 valence electrons. The van der Waals surface area contributed by atoms with E-state index < -0.39 is 0 Å². The number of halogens is 2. The number of nitrogens with zero attached hydrogens (tertiary/aromatic N) is 4. The van der Waals surface area contributed by atoms with E-state index in [1.54, 1.807) is 17.7 Å². The van der Waals surface area contributed by atoms with Gasteiger partial charge in [-0.1, -0.05) is 19.3 Å². The van der Waals surface area contributed by atoms with E-state index in [-0.39, 0.29) is 36.3 Å². The fourth-order valence-corrected chi connectivity index (χ4v) is 5.01. The van der Waals surface area contributed by atoms with E-state index in [1.165, 1.54) is 24.8 Å². The Labute approximate surface area is 238 Å². The highest BCUT2D eigenvalue weighted by Gasteiger charge is 2.24. The predicted molar refractivity (Wildman–Crippen MR) is 158 cm³/mol. The van der Waals surface area contributed by atoms with Crippen LogP contribution in [0.4, 0.5) is 0 Å². The summed E-state index contributed by atoms with van der Waals surface area (Å²) < 4.78 is 7.68. The Kier molecular flexibility index (Phi) is 13.1. The molecule has 3 aromatic rings. The predicted octanol–water partition coefficient (Wildman–Crippen LogP) is 5.09. The van der Waals surface area contributed by atoms with Crippen molar-refractivity contribution in [1.29, 1.82) is 0 Å². The van der Waals surface area contributed by atoms with Crippen LogP contribution in [-0.2, 0) is 18.4 Å². The molecule has 9 heteroatoms. The summed E-state index contributed by atoms with van der Waals surface area (Å²) in [6.07, 6.45) is 10.2. The number of ether oxygens (including phenoxy) is 1. The number of aryl methyl sites for hydroxylation is 1. The Morgan fingerprint density at radius 3 is 2.47 bits per heavy atom. The summed E-state index contributed by atoms with van der Waals surface area (Å²) in [6, 6.07) is 13.3. The van der Waals surface area contributed by atoms with Crippen molar-refractivity contribution in [3.63, 3.8) is 0 Å². The third kappa shape index (κ3) is 8.72. The van der Waals surface area contributed by atoms with Gasteiger partial charge in [0.2, 0.25) is 5.91 Å². The van der Waals surface area contributed by atoms with Crippen LogP contribution < -0.4 is 10.3 Å². The van der Waals surface area contributed by atoms with Gasteiger partial charge in [0.05, 0.1) is 12.1 Å². The molecule has 1 aromatic carbocycles. The van der Waals surface area contributed by atoms with Gasteiger partial charge in [-0.25, -0.2) is 0 Å². The minimum Gasteiger partial charge on any atom is -0.494 e. The molecule has 2 aromatic heterocycles. The summed E-state index contributed by atoms with van der Waals surface area (Å²) in [6.45, 7) is 3.83. The molecular weight excluding hydrogens is 523 g/mol. The molecule has 1 aliphatic rings. The zero-order valence-electron chi connectivity index (χ0n) is 22.4. The Morgan fingerprint density at radius 2 is 1.74 bits per heavy atom. The number of hydrogen-bond donors (Lipinski definition) is 0. The van der Waals surface area contributed by atoms with Crippen LogP contribution in [0.15, 0.2) is 59.7 Å². The van der Waals surface area contributed by atoms with Crippen molar-refractivity contribution in [2.24, 2.45) is 13.0 Å². The van der Waals surface area contributed by atoms with Crippen LogP contribution in [0.3, 0.4) is 0 Å². The van der Waals surface area contributed by atoms with Crippen LogP contribution >= 0.6 is 24.8 Å². The van der Waals surface area contributed by atoms with Crippen LogP contribution in [0.25, 0.3) is 10.9 Å². The van der Waals surface area contributed by atoms with Crippen LogP contribution in [0.1, 0.15) is 44.1 Å². The third-order valence-corrected chi connectivity index (χ3v) is 7.22. The van der Waals surface area contributed by atoms with E-state index in [9.17, 15) is 9.59 Å². The van der Waals surface area contributed by atoms with Gasteiger partial charge in [-0.05, 0) is 61.2 Å². The number of benzene rings is 1. The lowest BCUT2D eigenvalue weighted by Gasteiger charge is -2.29. The number of amides is 1. The molecule has 0 atom stereocenters. The largest absolute Gasteiger partial charge is 0.494 e. The van der Waals surface area contributed by atoms with Gasteiger partial charge in [-0.2, -0.15) is 0 Å². The molecule has 0 N–H and O–H groups in total. The highest BCUT2D eigenvalue weighted by molar-refractivity contribution is 5.85. The van der Waals surface area contributed by atoms with Crippen molar-refractivity contribution in [3.8, 4) is 5.75 Å². The highest BCUT2D eigenvalue weighted by atomic mass is 35.5. The SMILES string of the molecule is CN(CCN(CCCOc1ccc2c(ccc(=O)n2C)c1)Cc1ccncc1)C(=O)C1CCCCC1.Cl.Cl. The lowest BCUT2D eigenvalue weighted by atomic mass is 9.88. The van der Waals surface area contributed by atoms with E-state index >= 15 is 0 Å². The smallest absolute Gasteiger partial charge is 0.250 e. The average molecular weight is 564 g/mol. The molecule has 7 nitrogen and oxygen atoms in total. The van der Waals surface area contributed by atoms with Gasteiger partial charge in [0.25, 0.3) is 5.56 Å². The average Bonchev–Trinajstić information content (AvgIpc) is 2.92. The summed E-state index contributed by atoms with van der Waals surface area (Å²) in [7, 11) is 3.73. The second-order valence-electron chi connectivity index (χ2n) is 9.88. The maximum Gasteiger partial charge on any atom is 0.250 e. The van der Waals surface area contributed by atoms with Gasteiger partial charge in [0.15, 0.2) is 0 Å². The minimum atomic E-state index is -0.0171. The molecule has 0 unspecified atom stereocenters. The molecule has 0 aliphatic heterocycles. The monoisotopic (exact) mass is 562 g/mol. The van der Waals surface area contributed by atoms with Crippen molar-refractivity contribution in [2.45, 2.75) is 45.1 Å². The third-order valence-electron chi connectivity index (χ3n) is 7.22. The van der Waals surface area contributed by atoms with Crippen molar-refractivity contribution in [3.05, 3.63) is 70.8 Å². The normalized spacial score (nSPS) is 13.6. The van der Waals surface area contributed by atoms with Crippen LogP contribution in [0.5, 0.6) is 5.75 Å². The van der Waals surface area contributed by atoms with Crippen LogP contribution in [0.2, 0.25) is 0 Å². The Balaban J connectivity index is 0.00000253. The number of aromatic nitrogens is 2. The molecule has 4 rings (SSSR count). The number of carbonyl (C=O) groups excluding carboxylic acids is 1. The zero-order valence-corrected chi connectivity index (χ0v) is 24.0. The molecule has 2 heterocycles. The first-order valence-corrected chi connectivity index (χ1v) is 13.1. The molecule has 1 saturated carbocycles. The Bertz CT molecular complexity index is 1200. The van der Waals surface area contributed by atoms with E-state index in [1.807, 2.05) is 60.7 Å². The Morgan fingerprint density at radius 1 is 1.00 bits per heavy atom. The van der Waals surface area contributed by atoms with Gasteiger partial charge in [0, 0.05) is 70.0 Å². The summed E-state index contributed by atoms with van der Waals surface area (Å²) >= 11 is 0. The van der Waals surface area contributed by atoms with E-state index in [2.05, 4.69) is 9.88 Å². The summed E-state index contributed by atoms with van der Waals surface area (Å²) in [4.78, 5) is 33.2. The quantitative estimate of drug-likeness (QED) is 0.304. The van der Waals surface area contributed by atoms with E-state index in [0.29, 0.717) is 12.5 Å². The zero-order chi connectivity index (χ0) is 25.3. The number of pyridine rings is 2. The maximum atomic E-state index is 12.9. The van der Waals surface area contributed by atoms with Gasteiger partial charge in [-0.3, -0.25) is 19.5 Å². The number of likely N-dealkylation sites (N-methyl/N-ethyl adjacent to an activating group) is 1. The van der Waals surface area contributed by atoms with Crippen molar-refractivity contribution in [1.82, 2.24) is 19.4 Å². The molecule has 1 fully saturated rings. The molecule has 38 heavy (non-hydrogen) atoms. The molecule has 0 saturated heterocycles. The topological polar surface area (TPSA) is 67.7 Å². The van der Waals surface area contributed by atoms with Crippen molar-refractivity contribution >= 4 is 41.6 Å². The van der Waals surface area contributed by atoms with Gasteiger partial charge >= 0.3 is 0 Å². The number of carbonyl (C=O) groups is 1. The van der Waals surface area contributed by atoms with Gasteiger partial charge in [-0.15, -0.1) is 24.8 Å². The standard InChI is InChI=1S/C29H38N4O3.2ClH/c1-31(29(35)24-7-4-3-5-8-24)18-19-33(22-23-13-15-30-16-14-23)17-6-20-36-26-10-11-27-25(21-26)9-12-28(34)32(27)2;;/h9-16,21,24H,3-8,17-20,22H2,1-2H3;2*1H. The summed E-state index contributed by atoms with van der Waals surface area (Å²) in [5, 5.41) is 0.986. The fraction of sp³-hybridized carbons (Fsp3) is 0.483. The lowest BCUT2D eigenvalue weighted by Crippen LogP contribution is -2.40. The summed E-state index contributed by atoms with van der Waals surface area (Å²) in [5.41, 5.74) is 2.09. The molecule has 1 amide bonds. The Hall–Kier alpha value is -2.61. The summed E-state index contributed by atoms with van der Waals surface area (Å²) in [5.74, 6) is 1.31. The van der Waals surface area contributed by atoms with E-state index in [0.717, 1.165) is 62.1 Å². The molecule has 0 bridgehead atoms. The van der Waals surface area contributed by atoms with Crippen LogP contribution in [-0.4, -0.2) is 58.5 Å². The first-order chi connectivity index (χ1) is 17.5. The number of hydrogen-bond acceptors (Lipinski definition) is 5. The van der Waals surface area contributed by atoms with Gasteiger partial charge in [0.1, 0.15) is 5.75 Å². The van der Waals surface area contributed by atoms with Gasteiger partial charge < -0.3 is 14.2 Å². The van der Waals surface area contributed by atoms with Crippen molar-refractivity contribution in [2.75, 3.05) is 33.3 Å². The maximum absolute atomic E-state index is 12.9.